The molecule has 0 aliphatic heterocycles. The van der Waals surface area contributed by atoms with E-state index >= 15 is 0 Å². The van der Waals surface area contributed by atoms with E-state index in [1.54, 1.807) is 32.2 Å². The highest BCUT2D eigenvalue weighted by molar-refractivity contribution is 6.31. The molecule has 2 atom stereocenters. The molecule has 0 saturated heterocycles. The lowest BCUT2D eigenvalue weighted by atomic mass is 10.0. The van der Waals surface area contributed by atoms with Gasteiger partial charge >= 0.3 is 0 Å². The first-order valence-electron chi connectivity index (χ1n) is 5.79. The number of hydrogen-bond acceptors (Lipinski definition) is 4. The second kappa shape index (κ2) is 7.18. The fourth-order valence-corrected chi connectivity index (χ4v) is 1.38. The van der Waals surface area contributed by atoms with Gasteiger partial charge in [0.2, 0.25) is 11.8 Å². The molecule has 1 aromatic heterocycles. The highest BCUT2D eigenvalue weighted by Gasteiger charge is 2.16. The zero-order chi connectivity index (χ0) is 13.5. The number of carbonyl (C=O) groups is 1. The van der Waals surface area contributed by atoms with Crippen LogP contribution in [-0.4, -0.2) is 30.1 Å². The Kier molecular flexibility index (Phi) is 5.88. The number of aromatic nitrogens is 1. The fourth-order valence-electron chi connectivity index (χ4n) is 1.20. The Balaban J connectivity index is 2.27. The Morgan fingerprint density at radius 1 is 1.61 bits per heavy atom. The Morgan fingerprint density at radius 3 is 2.94 bits per heavy atom. The molecule has 0 fully saturated rings. The summed E-state index contributed by atoms with van der Waals surface area (Å²) in [7, 11) is 0. The third kappa shape index (κ3) is 4.50. The number of carbonyl (C=O) groups excluding carboxylic acids is 1. The molecule has 6 heteroatoms. The van der Waals surface area contributed by atoms with Crippen molar-refractivity contribution in [2.24, 2.45) is 11.7 Å². The van der Waals surface area contributed by atoms with Gasteiger partial charge in [0.05, 0.1) is 6.54 Å². The van der Waals surface area contributed by atoms with E-state index in [-0.39, 0.29) is 17.9 Å². The molecule has 1 heterocycles. The molecule has 0 saturated carbocycles. The Morgan fingerprint density at radius 2 is 2.33 bits per heavy atom. The zero-order valence-corrected chi connectivity index (χ0v) is 11.3. The van der Waals surface area contributed by atoms with Gasteiger partial charge in [0.15, 0.2) is 0 Å². The van der Waals surface area contributed by atoms with Crippen molar-refractivity contribution in [2.75, 3.05) is 13.2 Å². The van der Waals surface area contributed by atoms with Crippen LogP contribution in [0.2, 0.25) is 5.02 Å². The van der Waals surface area contributed by atoms with Gasteiger partial charge in [0.1, 0.15) is 11.6 Å². The lowest BCUT2D eigenvalue weighted by Gasteiger charge is -2.15. The predicted octanol–water partition coefficient (Wildman–Crippen LogP) is 1.21. The molecule has 0 radical (unpaired) electrons. The molecule has 0 aliphatic rings. The van der Waals surface area contributed by atoms with Crippen LogP contribution in [0.25, 0.3) is 0 Å². The summed E-state index contributed by atoms with van der Waals surface area (Å²) in [5.74, 6) is 0.0674. The van der Waals surface area contributed by atoms with Gasteiger partial charge in [0, 0.05) is 18.2 Å². The van der Waals surface area contributed by atoms with Crippen molar-refractivity contribution in [1.29, 1.82) is 0 Å². The molecule has 1 amide bonds. The monoisotopic (exact) mass is 271 g/mol. The van der Waals surface area contributed by atoms with Crippen molar-refractivity contribution in [1.82, 2.24) is 10.3 Å². The van der Waals surface area contributed by atoms with Crippen LogP contribution in [0.1, 0.15) is 13.8 Å². The Labute approximate surface area is 112 Å². The number of rotatable bonds is 6. The molecule has 1 aromatic rings. The molecule has 5 nitrogen and oxygen atoms in total. The molecular formula is C12H18ClN3O2. The minimum atomic E-state index is -0.219. The maximum atomic E-state index is 11.6. The summed E-state index contributed by atoms with van der Waals surface area (Å²) >= 11 is 5.87. The van der Waals surface area contributed by atoms with E-state index in [9.17, 15) is 4.79 Å². The lowest BCUT2D eigenvalue weighted by molar-refractivity contribution is -0.125. The smallest absolute Gasteiger partial charge is 0.232 e. The topological polar surface area (TPSA) is 77.2 Å². The predicted molar refractivity (Wildman–Crippen MR) is 70.6 cm³/mol. The molecule has 0 aromatic carbocycles. The van der Waals surface area contributed by atoms with Gasteiger partial charge in [-0.1, -0.05) is 18.5 Å². The van der Waals surface area contributed by atoms with Crippen molar-refractivity contribution in [2.45, 2.75) is 19.9 Å². The molecule has 3 N–H and O–H groups in total. The molecular weight excluding hydrogens is 254 g/mol. The van der Waals surface area contributed by atoms with Crippen LogP contribution in [0.5, 0.6) is 5.88 Å². The number of pyridine rings is 1. The summed E-state index contributed by atoms with van der Waals surface area (Å²) in [5, 5.41) is 3.19. The third-order valence-corrected chi connectivity index (χ3v) is 2.85. The van der Waals surface area contributed by atoms with E-state index < -0.39 is 0 Å². The van der Waals surface area contributed by atoms with E-state index in [1.807, 2.05) is 0 Å². The number of halogens is 1. The van der Waals surface area contributed by atoms with Crippen LogP contribution in [0.4, 0.5) is 0 Å². The largest absolute Gasteiger partial charge is 0.475 e. The normalized spacial score (nSPS) is 13.8. The van der Waals surface area contributed by atoms with Gasteiger partial charge in [-0.2, -0.15) is 0 Å². The van der Waals surface area contributed by atoms with Crippen molar-refractivity contribution in [3.63, 3.8) is 0 Å². The SMILES string of the molecule is CC(N)C(C)C(=O)NCCOc1ncccc1Cl. The van der Waals surface area contributed by atoms with E-state index in [0.29, 0.717) is 24.1 Å². The molecule has 18 heavy (non-hydrogen) atoms. The first-order valence-corrected chi connectivity index (χ1v) is 6.16. The van der Waals surface area contributed by atoms with E-state index in [4.69, 9.17) is 22.1 Å². The quantitative estimate of drug-likeness (QED) is 0.763. The van der Waals surface area contributed by atoms with Gasteiger partial charge in [-0.05, 0) is 19.1 Å². The van der Waals surface area contributed by atoms with Crippen LogP contribution < -0.4 is 15.8 Å². The number of nitrogens with one attached hydrogen (secondary N) is 1. The molecule has 0 spiro atoms. The van der Waals surface area contributed by atoms with E-state index in [1.165, 1.54) is 0 Å². The van der Waals surface area contributed by atoms with E-state index in [2.05, 4.69) is 10.3 Å². The Bertz CT molecular complexity index is 399. The van der Waals surface area contributed by atoms with Crippen LogP contribution in [0, 0.1) is 5.92 Å². The first kappa shape index (κ1) is 14.7. The fraction of sp³-hybridized carbons (Fsp3) is 0.500. The molecule has 100 valence electrons. The maximum absolute atomic E-state index is 11.6. The average molecular weight is 272 g/mol. The maximum Gasteiger partial charge on any atom is 0.232 e. The van der Waals surface area contributed by atoms with Crippen LogP contribution in [0.3, 0.4) is 0 Å². The summed E-state index contributed by atoms with van der Waals surface area (Å²) in [6.07, 6.45) is 1.60. The standard InChI is InChI=1S/C12H18ClN3O2/c1-8(9(2)14)11(17)15-6-7-18-12-10(13)4-3-5-16-12/h3-5,8-9H,6-7,14H2,1-2H3,(H,15,17). The summed E-state index contributed by atoms with van der Waals surface area (Å²) in [4.78, 5) is 15.5. The Hall–Kier alpha value is -1.33. The highest BCUT2D eigenvalue weighted by Crippen LogP contribution is 2.19. The molecule has 2 unspecified atom stereocenters. The van der Waals surface area contributed by atoms with Gasteiger partial charge in [0.25, 0.3) is 0 Å². The third-order valence-electron chi connectivity index (χ3n) is 2.57. The number of nitrogens with two attached hydrogens (primary N) is 1. The average Bonchev–Trinajstić information content (AvgIpc) is 2.35. The van der Waals surface area contributed by atoms with Gasteiger partial charge < -0.3 is 15.8 Å². The first-order chi connectivity index (χ1) is 8.52. The van der Waals surface area contributed by atoms with Gasteiger partial charge in [-0.3, -0.25) is 4.79 Å². The van der Waals surface area contributed by atoms with E-state index in [0.717, 1.165) is 0 Å². The minimum absolute atomic E-state index is 0.0827. The van der Waals surface area contributed by atoms with Crippen molar-refractivity contribution >= 4 is 17.5 Å². The van der Waals surface area contributed by atoms with Crippen molar-refractivity contribution in [3.8, 4) is 5.88 Å². The molecule has 1 rings (SSSR count). The van der Waals surface area contributed by atoms with Crippen molar-refractivity contribution < 1.29 is 9.53 Å². The number of ether oxygens (including phenoxy) is 1. The van der Waals surface area contributed by atoms with Crippen molar-refractivity contribution in [3.05, 3.63) is 23.4 Å². The molecule has 0 aliphatic carbocycles. The highest BCUT2D eigenvalue weighted by atomic mass is 35.5. The number of amides is 1. The second-order valence-corrected chi connectivity index (χ2v) is 4.48. The number of nitrogens with zero attached hydrogens (tertiary/aromatic N) is 1. The minimum Gasteiger partial charge on any atom is -0.475 e. The van der Waals surface area contributed by atoms with Gasteiger partial charge in [-0.15, -0.1) is 0 Å². The lowest BCUT2D eigenvalue weighted by Crippen LogP contribution is -2.40. The summed E-state index contributed by atoms with van der Waals surface area (Å²) in [5.41, 5.74) is 5.63. The summed E-state index contributed by atoms with van der Waals surface area (Å²) in [6, 6.07) is 3.25. The van der Waals surface area contributed by atoms with Crippen LogP contribution in [0.15, 0.2) is 18.3 Å². The number of hydrogen-bond donors (Lipinski definition) is 2. The zero-order valence-electron chi connectivity index (χ0n) is 10.5. The summed E-state index contributed by atoms with van der Waals surface area (Å²) in [6.45, 7) is 4.29. The van der Waals surface area contributed by atoms with Gasteiger partial charge in [-0.25, -0.2) is 4.98 Å². The van der Waals surface area contributed by atoms with Crippen LogP contribution in [-0.2, 0) is 4.79 Å². The second-order valence-electron chi connectivity index (χ2n) is 4.08. The van der Waals surface area contributed by atoms with Crippen LogP contribution >= 0.6 is 11.6 Å². The summed E-state index contributed by atoms with van der Waals surface area (Å²) < 4.78 is 5.34. The molecule has 0 bridgehead atoms.